The van der Waals surface area contributed by atoms with Gasteiger partial charge in [0.1, 0.15) is 0 Å². The van der Waals surface area contributed by atoms with Crippen molar-refractivity contribution in [3.63, 3.8) is 0 Å². The van der Waals surface area contributed by atoms with Gasteiger partial charge in [0.15, 0.2) is 15.7 Å². The molecule has 3 rings (SSSR count). The molecule has 0 aromatic heterocycles. The largest absolute Gasteiger partial charge is 0.453 e. The Balaban J connectivity index is 1.66. The van der Waals surface area contributed by atoms with E-state index in [-0.39, 0.29) is 49.9 Å². The second-order valence-electron chi connectivity index (χ2n) is 10.3. The second-order valence-corrected chi connectivity index (χ2v) is 12.6. The van der Waals surface area contributed by atoms with Gasteiger partial charge in [-0.1, -0.05) is 6.42 Å². The quantitative estimate of drug-likeness (QED) is 0.227. The molecule has 15 heteroatoms. The number of hydrogen-bond donors (Lipinski definition) is 2. The van der Waals surface area contributed by atoms with Crippen molar-refractivity contribution in [2.45, 2.75) is 76.0 Å². The van der Waals surface area contributed by atoms with E-state index in [2.05, 4.69) is 4.74 Å². The van der Waals surface area contributed by atoms with E-state index in [1.807, 2.05) is 0 Å². The molecule has 0 spiro atoms. The monoisotopic (exact) mass is 564 g/mol. The van der Waals surface area contributed by atoms with E-state index in [9.17, 15) is 39.6 Å². The molecule has 8 nitrogen and oxygen atoms in total. The van der Waals surface area contributed by atoms with Gasteiger partial charge in [0, 0.05) is 31.6 Å². The molecule has 214 valence electrons. The Hall–Kier alpha value is -1.77. The number of rotatable bonds is 5. The number of nitrogens with one attached hydrogen (secondary N) is 1. The molecular weight excluding hydrogens is 530 g/mol. The molecule has 0 aromatic carbocycles. The van der Waals surface area contributed by atoms with Gasteiger partial charge in [-0.05, 0) is 50.9 Å². The van der Waals surface area contributed by atoms with Crippen molar-refractivity contribution in [1.82, 2.24) is 9.80 Å². The van der Waals surface area contributed by atoms with Crippen molar-refractivity contribution in [3.05, 3.63) is 0 Å². The maximum absolute atomic E-state index is 13.5. The maximum atomic E-state index is 13.5. The van der Waals surface area contributed by atoms with Crippen LogP contribution in [0.4, 0.5) is 31.1 Å². The molecule has 3 unspecified atom stereocenters. The summed E-state index contributed by atoms with van der Waals surface area (Å²) in [6.07, 6.45) is -9.71. The Kier molecular flexibility index (Phi) is 9.29. The summed E-state index contributed by atoms with van der Waals surface area (Å²) in [5.74, 6) is -3.15. The van der Waals surface area contributed by atoms with Gasteiger partial charge in [-0.3, -0.25) is 11.1 Å². The summed E-state index contributed by atoms with van der Waals surface area (Å²) in [6.45, 7) is 0.127. The first-order chi connectivity index (χ1) is 17.1. The summed E-state index contributed by atoms with van der Waals surface area (Å²) in [4.78, 5) is 16.3. The second kappa shape index (κ2) is 11.5. The number of amides is 2. The van der Waals surface area contributed by atoms with Gasteiger partial charge in [-0.15, -0.1) is 0 Å². The van der Waals surface area contributed by atoms with Crippen LogP contribution in [0.1, 0.15) is 51.4 Å². The lowest BCUT2D eigenvalue weighted by atomic mass is 9.80. The maximum Gasteiger partial charge on any atom is 0.439 e. The van der Waals surface area contributed by atoms with Gasteiger partial charge in [-0.25, -0.2) is 13.2 Å². The first-order valence-electron chi connectivity index (χ1n) is 12.5. The first kappa shape index (κ1) is 29.8. The van der Waals surface area contributed by atoms with Gasteiger partial charge < -0.3 is 14.5 Å². The van der Waals surface area contributed by atoms with Crippen molar-refractivity contribution in [2.24, 2.45) is 23.5 Å². The lowest BCUT2D eigenvalue weighted by Crippen LogP contribution is -2.55. The number of nitrogens with two attached hydrogens (primary N) is 1. The minimum Gasteiger partial charge on any atom is -0.453 e. The molecule has 0 radical (unpaired) electrons. The van der Waals surface area contributed by atoms with Crippen LogP contribution in [-0.2, 0) is 14.6 Å². The highest BCUT2D eigenvalue weighted by Gasteiger charge is 2.45. The summed E-state index contributed by atoms with van der Waals surface area (Å²) in [5.41, 5.74) is 4.94. The molecule has 0 bridgehead atoms. The molecular formula is C22H34F6N4O4S. The number of carbonyl (C=O) groups is 1. The predicted molar refractivity (Wildman–Crippen MR) is 122 cm³/mol. The summed E-state index contributed by atoms with van der Waals surface area (Å²) < 4.78 is 106. The van der Waals surface area contributed by atoms with Gasteiger partial charge in [0.25, 0.3) is 0 Å². The summed E-state index contributed by atoms with van der Waals surface area (Å²) in [6, 6.07) is -1.12. The van der Waals surface area contributed by atoms with E-state index in [1.54, 1.807) is 0 Å². The number of halogens is 6. The topological polar surface area (TPSA) is 117 Å². The Bertz CT molecular complexity index is 907. The van der Waals surface area contributed by atoms with Gasteiger partial charge in [0.05, 0.1) is 17.4 Å². The number of alkyl halides is 6. The minimum absolute atomic E-state index is 0.00271. The molecule has 3 aliphatic rings. The Labute approximate surface area is 212 Å². The molecule has 3 N–H and O–H groups in total. The fraction of sp³-hybridized carbons (Fsp3) is 0.909. The van der Waals surface area contributed by atoms with E-state index >= 15 is 0 Å². The molecule has 1 heterocycles. The van der Waals surface area contributed by atoms with Crippen LogP contribution < -0.4 is 5.73 Å². The van der Waals surface area contributed by atoms with E-state index < -0.39 is 58.2 Å². The van der Waals surface area contributed by atoms with Crippen LogP contribution in [0, 0.1) is 23.2 Å². The normalized spacial score (nSPS) is 29.9. The molecule has 1 aliphatic heterocycles. The fourth-order valence-electron chi connectivity index (χ4n) is 5.40. The number of hydrogen-bond acceptors (Lipinski definition) is 6. The average Bonchev–Trinajstić information content (AvgIpc) is 2.81. The number of carbonyl (C=O) groups excluding carboxylic acids is 1. The van der Waals surface area contributed by atoms with Crippen molar-refractivity contribution < 1.29 is 44.3 Å². The van der Waals surface area contributed by atoms with Crippen LogP contribution in [0.3, 0.4) is 0 Å². The number of sulfone groups is 1. The third kappa shape index (κ3) is 8.11. The minimum atomic E-state index is -4.80. The lowest BCUT2D eigenvalue weighted by Gasteiger charge is -2.43. The van der Waals surface area contributed by atoms with Crippen LogP contribution in [0.2, 0.25) is 0 Å². The van der Waals surface area contributed by atoms with Crippen LogP contribution in [-0.4, -0.2) is 85.9 Å². The summed E-state index contributed by atoms with van der Waals surface area (Å²) >= 11 is 0. The number of urea groups is 1. The van der Waals surface area contributed by atoms with Crippen LogP contribution in [0.25, 0.3) is 0 Å². The SMILES string of the molecule is N=C(OC(N)C(F)(F)F)C1CCC(CN(C(=O)N2CCS(=O)(=O)CC2)C2CCCC(C(F)(F)F)C2)CC1. The van der Waals surface area contributed by atoms with Gasteiger partial charge in [-0.2, -0.15) is 26.3 Å². The van der Waals surface area contributed by atoms with Crippen LogP contribution in [0.15, 0.2) is 0 Å². The zero-order valence-electron chi connectivity index (χ0n) is 20.4. The van der Waals surface area contributed by atoms with E-state index in [0.717, 1.165) is 0 Å². The first-order valence-corrected chi connectivity index (χ1v) is 14.3. The zero-order valence-corrected chi connectivity index (χ0v) is 21.2. The third-order valence-corrected chi connectivity index (χ3v) is 9.27. The molecule has 0 aromatic rings. The van der Waals surface area contributed by atoms with Crippen molar-refractivity contribution >= 4 is 21.8 Å². The molecule has 2 saturated carbocycles. The van der Waals surface area contributed by atoms with E-state index in [0.29, 0.717) is 38.5 Å². The highest BCUT2D eigenvalue weighted by molar-refractivity contribution is 7.91. The zero-order chi connectivity index (χ0) is 27.6. The third-order valence-electron chi connectivity index (χ3n) is 7.66. The fourth-order valence-corrected chi connectivity index (χ4v) is 6.60. The molecule has 37 heavy (non-hydrogen) atoms. The van der Waals surface area contributed by atoms with E-state index in [1.165, 1.54) is 9.80 Å². The summed E-state index contributed by atoms with van der Waals surface area (Å²) in [7, 11) is -3.26. The molecule has 3 fully saturated rings. The van der Waals surface area contributed by atoms with Crippen molar-refractivity contribution in [2.75, 3.05) is 31.1 Å². The lowest BCUT2D eigenvalue weighted by molar-refractivity contribution is -0.198. The highest BCUT2D eigenvalue weighted by atomic mass is 32.2. The van der Waals surface area contributed by atoms with Crippen LogP contribution >= 0.6 is 0 Å². The Morgan fingerprint density at radius 2 is 1.62 bits per heavy atom. The molecule has 2 amide bonds. The van der Waals surface area contributed by atoms with Gasteiger partial charge in [0.2, 0.25) is 6.23 Å². The van der Waals surface area contributed by atoms with Gasteiger partial charge >= 0.3 is 18.4 Å². The Morgan fingerprint density at radius 1 is 1.03 bits per heavy atom. The van der Waals surface area contributed by atoms with Crippen molar-refractivity contribution in [1.29, 1.82) is 5.41 Å². The molecule has 1 saturated heterocycles. The predicted octanol–water partition coefficient (Wildman–Crippen LogP) is 3.91. The Morgan fingerprint density at radius 3 is 2.16 bits per heavy atom. The average molecular weight is 565 g/mol. The molecule has 3 atom stereocenters. The number of nitrogens with zero attached hydrogens (tertiary/aromatic N) is 2. The number of ether oxygens (including phenoxy) is 1. The summed E-state index contributed by atoms with van der Waals surface area (Å²) in [5, 5.41) is 7.85. The van der Waals surface area contributed by atoms with E-state index in [4.69, 9.17) is 11.1 Å². The van der Waals surface area contributed by atoms with Crippen molar-refractivity contribution in [3.8, 4) is 0 Å². The molecule has 2 aliphatic carbocycles. The highest BCUT2D eigenvalue weighted by Crippen LogP contribution is 2.40. The smallest absolute Gasteiger partial charge is 0.439 e. The standard InChI is InChI=1S/C22H34F6N4O4S/c23-21(24,25)16-2-1-3-17(12-16)32(20(33)31-8-10-37(34,35)11-9-31)13-14-4-6-15(7-5-14)18(29)36-19(30)22(26,27)28/h14-17,19,29H,1-13,30H2. The van der Waals surface area contributed by atoms with Crippen LogP contribution in [0.5, 0.6) is 0 Å².